The highest BCUT2D eigenvalue weighted by Gasteiger charge is 2.19. The summed E-state index contributed by atoms with van der Waals surface area (Å²) in [4.78, 5) is 1.32. The average Bonchev–Trinajstić information content (AvgIpc) is 2.46. The zero-order valence-electron chi connectivity index (χ0n) is 7.51. The molecule has 0 amide bonds. The van der Waals surface area contributed by atoms with Crippen LogP contribution in [0.1, 0.15) is 19.8 Å². The summed E-state index contributed by atoms with van der Waals surface area (Å²) in [5.41, 5.74) is 1.19. The van der Waals surface area contributed by atoms with Crippen molar-refractivity contribution in [1.82, 2.24) is 0 Å². The summed E-state index contributed by atoms with van der Waals surface area (Å²) in [7, 11) is 0. The second-order valence-corrected chi connectivity index (χ2v) is 4.86. The molecule has 0 radical (unpaired) electrons. The first-order chi connectivity index (χ1) is 6.29. The molecule has 0 bridgehead atoms. The van der Waals surface area contributed by atoms with Gasteiger partial charge >= 0.3 is 0 Å². The van der Waals surface area contributed by atoms with Gasteiger partial charge in [-0.05, 0) is 24.6 Å². The molecule has 2 rings (SSSR count). The van der Waals surface area contributed by atoms with Crippen LogP contribution in [0.5, 0.6) is 0 Å². The minimum Gasteiger partial charge on any atom is -0.372 e. The standard InChI is InChI=1S/C10H12ClNS/c1-2-3-10-12-8-6-7(11)4-5-9(8)13-10/h4-6,10,12H,2-3H2,1H3. The minimum atomic E-state index is 0.540. The van der Waals surface area contributed by atoms with Gasteiger partial charge in [-0.1, -0.05) is 36.7 Å². The van der Waals surface area contributed by atoms with Crippen LogP contribution >= 0.6 is 23.4 Å². The van der Waals surface area contributed by atoms with Gasteiger partial charge < -0.3 is 5.32 Å². The molecular weight excluding hydrogens is 202 g/mol. The second kappa shape index (κ2) is 3.81. The van der Waals surface area contributed by atoms with E-state index >= 15 is 0 Å². The Morgan fingerprint density at radius 1 is 1.54 bits per heavy atom. The van der Waals surface area contributed by atoms with Crippen LogP contribution in [0.3, 0.4) is 0 Å². The summed E-state index contributed by atoms with van der Waals surface area (Å²) < 4.78 is 0. The van der Waals surface area contributed by atoms with Crippen LogP contribution in [0.25, 0.3) is 0 Å². The van der Waals surface area contributed by atoms with E-state index in [2.05, 4.69) is 18.3 Å². The van der Waals surface area contributed by atoms with E-state index in [1.165, 1.54) is 23.4 Å². The lowest BCUT2D eigenvalue weighted by atomic mass is 10.3. The molecule has 0 fully saturated rings. The third-order valence-corrected chi connectivity index (χ3v) is 3.56. The van der Waals surface area contributed by atoms with E-state index in [-0.39, 0.29) is 0 Å². The fraction of sp³-hybridized carbons (Fsp3) is 0.400. The molecule has 1 aliphatic heterocycles. The Bertz CT molecular complexity index is 314. The lowest BCUT2D eigenvalue weighted by Gasteiger charge is -2.07. The highest BCUT2D eigenvalue weighted by atomic mass is 35.5. The van der Waals surface area contributed by atoms with E-state index < -0.39 is 0 Å². The molecule has 1 nitrogen and oxygen atoms in total. The van der Waals surface area contributed by atoms with Gasteiger partial charge in [-0.3, -0.25) is 0 Å². The number of anilines is 1. The van der Waals surface area contributed by atoms with Gasteiger partial charge in [-0.15, -0.1) is 0 Å². The summed E-state index contributed by atoms with van der Waals surface area (Å²) >= 11 is 7.80. The smallest absolute Gasteiger partial charge is 0.0769 e. The molecule has 1 aromatic rings. The molecule has 3 heteroatoms. The van der Waals surface area contributed by atoms with Crippen LogP contribution < -0.4 is 5.32 Å². The van der Waals surface area contributed by atoms with Crippen molar-refractivity contribution in [2.75, 3.05) is 5.32 Å². The molecule has 1 atom stereocenters. The van der Waals surface area contributed by atoms with Crippen LogP contribution in [0.4, 0.5) is 5.69 Å². The number of halogens is 1. The summed E-state index contributed by atoms with van der Waals surface area (Å²) in [6, 6.07) is 6.04. The van der Waals surface area contributed by atoms with Crippen LogP contribution in [-0.2, 0) is 0 Å². The van der Waals surface area contributed by atoms with Gasteiger partial charge in [0.05, 0.1) is 11.1 Å². The van der Waals surface area contributed by atoms with Crippen molar-refractivity contribution in [2.45, 2.75) is 30.0 Å². The molecule has 0 saturated heterocycles. The van der Waals surface area contributed by atoms with Gasteiger partial charge in [0.2, 0.25) is 0 Å². The Morgan fingerprint density at radius 2 is 2.38 bits per heavy atom. The Labute approximate surface area is 87.9 Å². The predicted octanol–water partition coefficient (Wildman–Crippen LogP) is 3.98. The third kappa shape index (κ3) is 1.94. The predicted molar refractivity (Wildman–Crippen MR) is 59.6 cm³/mol. The minimum absolute atomic E-state index is 0.540. The van der Waals surface area contributed by atoms with Gasteiger partial charge in [0.1, 0.15) is 0 Å². The fourth-order valence-electron chi connectivity index (χ4n) is 1.47. The summed E-state index contributed by atoms with van der Waals surface area (Å²) in [5, 5.41) is 4.80. The van der Waals surface area contributed by atoms with Crippen molar-refractivity contribution < 1.29 is 0 Å². The number of benzene rings is 1. The number of hydrogen-bond donors (Lipinski definition) is 1. The van der Waals surface area contributed by atoms with Gasteiger partial charge in [0, 0.05) is 9.92 Å². The second-order valence-electron chi connectivity index (χ2n) is 3.18. The van der Waals surface area contributed by atoms with Crippen molar-refractivity contribution in [3.05, 3.63) is 23.2 Å². The molecule has 13 heavy (non-hydrogen) atoms. The van der Waals surface area contributed by atoms with E-state index in [0.29, 0.717) is 5.37 Å². The maximum absolute atomic E-state index is 5.90. The monoisotopic (exact) mass is 213 g/mol. The van der Waals surface area contributed by atoms with Crippen LogP contribution in [-0.4, -0.2) is 5.37 Å². The normalized spacial score (nSPS) is 19.7. The number of hydrogen-bond acceptors (Lipinski definition) is 2. The Morgan fingerprint density at radius 3 is 3.15 bits per heavy atom. The van der Waals surface area contributed by atoms with Crippen LogP contribution in [0, 0.1) is 0 Å². The van der Waals surface area contributed by atoms with Gasteiger partial charge in [-0.25, -0.2) is 0 Å². The van der Waals surface area contributed by atoms with Crippen molar-refractivity contribution in [3.8, 4) is 0 Å². The summed E-state index contributed by atoms with van der Waals surface area (Å²) in [6.45, 7) is 2.21. The molecule has 0 saturated carbocycles. The summed E-state index contributed by atoms with van der Waals surface area (Å²) in [5.74, 6) is 0. The van der Waals surface area contributed by atoms with Crippen LogP contribution in [0.2, 0.25) is 5.02 Å². The van der Waals surface area contributed by atoms with Crippen molar-refractivity contribution in [1.29, 1.82) is 0 Å². The molecule has 0 spiro atoms. The highest BCUT2D eigenvalue weighted by molar-refractivity contribution is 8.00. The molecule has 1 aromatic carbocycles. The molecule has 0 aliphatic carbocycles. The van der Waals surface area contributed by atoms with Crippen molar-refractivity contribution in [2.24, 2.45) is 0 Å². The number of thioether (sulfide) groups is 1. The Kier molecular flexibility index (Phi) is 2.70. The van der Waals surface area contributed by atoms with Crippen molar-refractivity contribution >= 4 is 29.1 Å². The Hall–Kier alpha value is -0.340. The molecule has 1 N–H and O–H groups in total. The maximum atomic E-state index is 5.90. The third-order valence-electron chi connectivity index (χ3n) is 2.08. The lowest BCUT2D eigenvalue weighted by Crippen LogP contribution is -2.08. The van der Waals surface area contributed by atoms with Crippen LogP contribution in [0.15, 0.2) is 23.1 Å². The first kappa shape index (κ1) is 9.22. The topological polar surface area (TPSA) is 12.0 Å². The first-order valence-electron chi connectivity index (χ1n) is 4.52. The number of fused-ring (bicyclic) bond motifs is 1. The average molecular weight is 214 g/mol. The van der Waals surface area contributed by atoms with E-state index in [0.717, 1.165) is 5.02 Å². The van der Waals surface area contributed by atoms with Crippen molar-refractivity contribution in [3.63, 3.8) is 0 Å². The van der Waals surface area contributed by atoms with E-state index in [1.807, 2.05) is 23.9 Å². The van der Waals surface area contributed by atoms with Gasteiger partial charge in [0.15, 0.2) is 0 Å². The highest BCUT2D eigenvalue weighted by Crippen LogP contribution is 2.40. The Balaban J connectivity index is 2.16. The van der Waals surface area contributed by atoms with E-state index in [1.54, 1.807) is 0 Å². The number of rotatable bonds is 2. The first-order valence-corrected chi connectivity index (χ1v) is 5.78. The molecule has 1 aliphatic rings. The molecule has 0 aromatic heterocycles. The zero-order chi connectivity index (χ0) is 9.26. The molecule has 1 heterocycles. The van der Waals surface area contributed by atoms with E-state index in [9.17, 15) is 0 Å². The lowest BCUT2D eigenvalue weighted by molar-refractivity contribution is 0.803. The van der Waals surface area contributed by atoms with Gasteiger partial charge in [-0.2, -0.15) is 0 Å². The number of nitrogens with one attached hydrogen (secondary N) is 1. The fourth-order valence-corrected chi connectivity index (χ4v) is 2.88. The zero-order valence-corrected chi connectivity index (χ0v) is 9.08. The largest absolute Gasteiger partial charge is 0.372 e. The van der Waals surface area contributed by atoms with Gasteiger partial charge in [0.25, 0.3) is 0 Å². The quantitative estimate of drug-likeness (QED) is 0.798. The molecule has 70 valence electrons. The molecular formula is C10H12ClNS. The summed E-state index contributed by atoms with van der Waals surface area (Å²) in [6.07, 6.45) is 2.42. The van der Waals surface area contributed by atoms with E-state index in [4.69, 9.17) is 11.6 Å². The SMILES string of the molecule is CCCC1Nc2cc(Cl)ccc2S1. The molecule has 1 unspecified atom stereocenters. The maximum Gasteiger partial charge on any atom is 0.0769 e.